The van der Waals surface area contributed by atoms with Crippen molar-refractivity contribution >= 4 is 12.0 Å². The van der Waals surface area contributed by atoms with Crippen LogP contribution in [0.25, 0.3) is 6.08 Å². The molecule has 4 heteroatoms. The Morgan fingerprint density at radius 2 is 2.10 bits per heavy atom. The fourth-order valence-electron chi connectivity index (χ4n) is 1.74. The summed E-state index contributed by atoms with van der Waals surface area (Å²) in [4.78, 5) is 15.4. The van der Waals surface area contributed by atoms with Gasteiger partial charge >= 0.3 is 5.97 Å². The molecule has 20 heavy (non-hydrogen) atoms. The van der Waals surface area contributed by atoms with Gasteiger partial charge in [-0.25, -0.2) is 4.79 Å². The smallest absolute Gasteiger partial charge is 0.330 e. The van der Waals surface area contributed by atoms with Gasteiger partial charge in [0.15, 0.2) is 0 Å². The summed E-state index contributed by atoms with van der Waals surface area (Å²) in [7, 11) is 0. The van der Waals surface area contributed by atoms with E-state index in [1.807, 2.05) is 31.2 Å². The molecule has 0 atom stereocenters. The van der Waals surface area contributed by atoms with Crippen LogP contribution in [-0.2, 0) is 16.0 Å². The molecule has 0 unspecified atom stereocenters. The minimum Gasteiger partial charge on any atom is -0.463 e. The lowest BCUT2D eigenvalue weighted by Gasteiger charge is -2.02. The molecular weight excluding hydrogens is 254 g/mol. The lowest BCUT2D eigenvalue weighted by Crippen LogP contribution is -2.03. The number of ether oxygens (including phenoxy) is 1. The molecule has 2 heterocycles. The zero-order chi connectivity index (χ0) is 14.2. The van der Waals surface area contributed by atoms with Crippen molar-refractivity contribution in [3.63, 3.8) is 0 Å². The minimum atomic E-state index is -0.353. The first-order chi connectivity index (χ1) is 9.74. The van der Waals surface area contributed by atoms with Crippen LogP contribution in [0.3, 0.4) is 0 Å². The second-order valence-electron chi connectivity index (χ2n) is 4.41. The highest BCUT2D eigenvalue weighted by Gasteiger charge is 1.99. The van der Waals surface area contributed by atoms with Gasteiger partial charge in [-0.1, -0.05) is 0 Å². The molecule has 2 aromatic heterocycles. The SMILES string of the molecule is Cc1ccc(/C=C/C(=O)OCCCc2ccncc2)o1. The number of hydrogen-bond donors (Lipinski definition) is 0. The van der Waals surface area contributed by atoms with E-state index in [1.54, 1.807) is 18.5 Å². The number of pyridine rings is 1. The number of aromatic nitrogens is 1. The molecule has 0 fully saturated rings. The Labute approximate surface area is 118 Å². The van der Waals surface area contributed by atoms with Gasteiger partial charge in [0.2, 0.25) is 0 Å². The number of hydrogen-bond acceptors (Lipinski definition) is 4. The fourth-order valence-corrected chi connectivity index (χ4v) is 1.74. The van der Waals surface area contributed by atoms with Crippen molar-refractivity contribution in [1.82, 2.24) is 4.98 Å². The molecule has 0 aliphatic carbocycles. The van der Waals surface area contributed by atoms with E-state index in [4.69, 9.17) is 9.15 Å². The summed E-state index contributed by atoms with van der Waals surface area (Å²) in [5.41, 5.74) is 1.19. The summed E-state index contributed by atoms with van der Waals surface area (Å²) in [5, 5.41) is 0. The third-order valence-corrected chi connectivity index (χ3v) is 2.75. The van der Waals surface area contributed by atoms with Crippen molar-refractivity contribution in [2.45, 2.75) is 19.8 Å². The molecular formula is C16H17NO3. The average Bonchev–Trinajstić information content (AvgIpc) is 2.88. The Balaban J connectivity index is 1.66. The summed E-state index contributed by atoms with van der Waals surface area (Å²) in [6, 6.07) is 7.57. The Bertz CT molecular complexity index is 572. The first kappa shape index (κ1) is 14.1. The van der Waals surface area contributed by atoms with Crippen LogP contribution in [0.4, 0.5) is 0 Å². The van der Waals surface area contributed by atoms with E-state index in [0.717, 1.165) is 18.6 Å². The number of carbonyl (C=O) groups is 1. The van der Waals surface area contributed by atoms with Gasteiger partial charge in [0.1, 0.15) is 11.5 Å². The third kappa shape index (κ3) is 4.72. The predicted octanol–water partition coefficient (Wildman–Crippen LogP) is 3.17. The van der Waals surface area contributed by atoms with E-state index < -0.39 is 0 Å². The van der Waals surface area contributed by atoms with Gasteiger partial charge in [-0.2, -0.15) is 0 Å². The molecule has 0 bridgehead atoms. The molecule has 0 saturated heterocycles. The summed E-state index contributed by atoms with van der Waals surface area (Å²) >= 11 is 0. The van der Waals surface area contributed by atoms with Gasteiger partial charge in [0, 0.05) is 18.5 Å². The first-order valence-electron chi connectivity index (χ1n) is 6.54. The van der Waals surface area contributed by atoms with Gasteiger partial charge < -0.3 is 9.15 Å². The van der Waals surface area contributed by atoms with Crippen LogP contribution in [-0.4, -0.2) is 17.6 Å². The topological polar surface area (TPSA) is 52.3 Å². The molecule has 104 valence electrons. The molecule has 2 rings (SSSR count). The Morgan fingerprint density at radius 1 is 1.30 bits per heavy atom. The molecule has 4 nitrogen and oxygen atoms in total. The number of esters is 1. The van der Waals surface area contributed by atoms with E-state index in [9.17, 15) is 4.79 Å². The van der Waals surface area contributed by atoms with Crippen LogP contribution in [0.2, 0.25) is 0 Å². The highest BCUT2D eigenvalue weighted by molar-refractivity contribution is 5.86. The summed E-state index contributed by atoms with van der Waals surface area (Å²) in [5.74, 6) is 1.11. The summed E-state index contributed by atoms with van der Waals surface area (Å²) < 4.78 is 10.4. The number of carbonyl (C=O) groups excluding carboxylic acids is 1. The van der Waals surface area contributed by atoms with Crippen LogP contribution in [0, 0.1) is 6.92 Å². The van der Waals surface area contributed by atoms with E-state index in [-0.39, 0.29) is 5.97 Å². The maximum absolute atomic E-state index is 11.5. The molecule has 0 aromatic carbocycles. The molecule has 2 aromatic rings. The standard InChI is InChI=1S/C16H17NO3/c1-13-4-5-15(20-13)6-7-16(18)19-12-2-3-14-8-10-17-11-9-14/h4-11H,2-3,12H2,1H3/b7-6+. The summed E-state index contributed by atoms with van der Waals surface area (Å²) in [6.45, 7) is 2.26. The monoisotopic (exact) mass is 271 g/mol. The molecule has 0 saturated carbocycles. The van der Waals surface area contributed by atoms with Crippen molar-refractivity contribution in [3.8, 4) is 0 Å². The highest BCUT2D eigenvalue weighted by atomic mass is 16.5. The quantitative estimate of drug-likeness (QED) is 0.460. The average molecular weight is 271 g/mol. The Hall–Kier alpha value is -2.36. The zero-order valence-corrected chi connectivity index (χ0v) is 11.4. The van der Waals surface area contributed by atoms with E-state index in [0.29, 0.717) is 12.4 Å². The van der Waals surface area contributed by atoms with Crippen LogP contribution in [0.15, 0.2) is 47.2 Å². The third-order valence-electron chi connectivity index (χ3n) is 2.75. The largest absolute Gasteiger partial charge is 0.463 e. The van der Waals surface area contributed by atoms with Gasteiger partial charge in [-0.05, 0) is 55.7 Å². The van der Waals surface area contributed by atoms with Crippen molar-refractivity contribution in [3.05, 3.63) is 59.8 Å². The fraction of sp³-hybridized carbons (Fsp3) is 0.250. The van der Waals surface area contributed by atoms with Gasteiger partial charge in [0.25, 0.3) is 0 Å². The van der Waals surface area contributed by atoms with Crippen molar-refractivity contribution in [1.29, 1.82) is 0 Å². The lowest BCUT2D eigenvalue weighted by atomic mass is 10.1. The number of rotatable bonds is 6. The number of furan rings is 1. The molecule has 0 radical (unpaired) electrons. The van der Waals surface area contributed by atoms with Crippen LogP contribution >= 0.6 is 0 Å². The zero-order valence-electron chi connectivity index (χ0n) is 11.4. The van der Waals surface area contributed by atoms with Gasteiger partial charge in [-0.15, -0.1) is 0 Å². The summed E-state index contributed by atoms with van der Waals surface area (Å²) in [6.07, 6.45) is 8.17. The molecule has 0 aliphatic heterocycles. The van der Waals surface area contributed by atoms with Gasteiger partial charge in [0.05, 0.1) is 6.61 Å². The predicted molar refractivity (Wildman–Crippen MR) is 76.0 cm³/mol. The van der Waals surface area contributed by atoms with Crippen molar-refractivity contribution in [2.75, 3.05) is 6.61 Å². The Morgan fingerprint density at radius 3 is 2.80 bits per heavy atom. The first-order valence-corrected chi connectivity index (χ1v) is 6.54. The van der Waals surface area contributed by atoms with E-state index >= 15 is 0 Å². The lowest BCUT2D eigenvalue weighted by molar-refractivity contribution is -0.137. The molecule has 0 N–H and O–H groups in total. The normalized spacial score (nSPS) is 10.8. The van der Waals surface area contributed by atoms with Crippen molar-refractivity contribution in [2.24, 2.45) is 0 Å². The number of nitrogens with zero attached hydrogens (tertiary/aromatic N) is 1. The minimum absolute atomic E-state index is 0.353. The molecule has 0 aliphatic rings. The van der Waals surface area contributed by atoms with E-state index in [1.165, 1.54) is 11.6 Å². The van der Waals surface area contributed by atoms with Gasteiger partial charge in [-0.3, -0.25) is 4.98 Å². The molecule has 0 amide bonds. The van der Waals surface area contributed by atoms with Crippen LogP contribution in [0.5, 0.6) is 0 Å². The van der Waals surface area contributed by atoms with Crippen LogP contribution in [0.1, 0.15) is 23.5 Å². The second-order valence-corrected chi connectivity index (χ2v) is 4.41. The highest BCUT2D eigenvalue weighted by Crippen LogP contribution is 2.08. The Kier molecular flexibility index (Phi) is 5.12. The van der Waals surface area contributed by atoms with Crippen LogP contribution < -0.4 is 0 Å². The maximum Gasteiger partial charge on any atom is 0.330 e. The molecule has 0 spiro atoms. The van der Waals surface area contributed by atoms with Crippen molar-refractivity contribution < 1.29 is 13.9 Å². The maximum atomic E-state index is 11.5. The van der Waals surface area contributed by atoms with E-state index in [2.05, 4.69) is 4.98 Å². The number of aryl methyl sites for hydroxylation is 2. The second kappa shape index (κ2) is 7.28.